The summed E-state index contributed by atoms with van der Waals surface area (Å²) < 4.78 is 11.0. The molecule has 0 aromatic heterocycles. The van der Waals surface area contributed by atoms with Crippen LogP contribution in [0.1, 0.15) is 25.0 Å². The van der Waals surface area contributed by atoms with Crippen molar-refractivity contribution in [2.24, 2.45) is 0 Å². The van der Waals surface area contributed by atoms with Crippen molar-refractivity contribution in [3.63, 3.8) is 0 Å². The van der Waals surface area contributed by atoms with Crippen molar-refractivity contribution in [2.75, 3.05) is 32.6 Å². The fourth-order valence-electron chi connectivity index (χ4n) is 2.58. The summed E-state index contributed by atoms with van der Waals surface area (Å²) in [5.41, 5.74) is 7.51. The van der Waals surface area contributed by atoms with E-state index < -0.39 is 0 Å². The van der Waals surface area contributed by atoms with Gasteiger partial charge in [0, 0.05) is 29.6 Å². The van der Waals surface area contributed by atoms with Crippen LogP contribution in [0.3, 0.4) is 0 Å². The molecule has 1 atom stereocenters. The number of rotatable bonds is 3. The lowest BCUT2D eigenvalue weighted by Crippen LogP contribution is -2.52. The molecule has 2 rings (SSSR count). The molecule has 1 saturated heterocycles. The Kier molecular flexibility index (Phi) is 4.17. The topological polar surface area (TPSA) is 80.3 Å². The van der Waals surface area contributed by atoms with Gasteiger partial charge in [-0.15, -0.1) is 0 Å². The number of hydrogen-bond donors (Lipinski definition) is 2. The van der Waals surface area contributed by atoms with Crippen molar-refractivity contribution in [2.45, 2.75) is 25.3 Å². The van der Waals surface area contributed by atoms with Crippen molar-refractivity contribution in [3.05, 3.63) is 23.3 Å². The van der Waals surface area contributed by atoms with Gasteiger partial charge in [0.1, 0.15) is 11.8 Å². The lowest BCUT2D eigenvalue weighted by atomic mass is 9.76. The highest BCUT2D eigenvalue weighted by molar-refractivity contribution is 5.61. The summed E-state index contributed by atoms with van der Waals surface area (Å²) in [6.45, 7) is 6.44. The minimum absolute atomic E-state index is 0.167. The highest BCUT2D eigenvalue weighted by atomic mass is 16.5. The molecule has 0 radical (unpaired) electrons. The summed E-state index contributed by atoms with van der Waals surface area (Å²) in [6, 6.07) is 5.84. The first-order chi connectivity index (χ1) is 9.50. The Morgan fingerprint density at radius 1 is 1.50 bits per heavy atom. The van der Waals surface area contributed by atoms with Crippen LogP contribution in [0.2, 0.25) is 0 Å². The monoisotopic (exact) mass is 275 g/mol. The summed E-state index contributed by atoms with van der Waals surface area (Å²) in [7, 11) is 1.62. The molecule has 0 bridgehead atoms. The molecule has 1 aromatic rings. The molecule has 1 fully saturated rings. The number of benzene rings is 1. The average molecular weight is 275 g/mol. The first kappa shape index (κ1) is 14.6. The molecule has 1 unspecified atom stereocenters. The fourth-order valence-corrected chi connectivity index (χ4v) is 2.58. The average Bonchev–Trinajstić information content (AvgIpc) is 2.47. The maximum absolute atomic E-state index is 9.17. The highest BCUT2D eigenvalue weighted by Crippen LogP contribution is 2.37. The second kappa shape index (κ2) is 5.70. The number of nitrogens with two attached hydrogens (primary N) is 1. The third-order valence-corrected chi connectivity index (χ3v) is 3.98. The van der Waals surface area contributed by atoms with Crippen LogP contribution in [-0.4, -0.2) is 32.9 Å². The molecule has 0 spiro atoms. The van der Waals surface area contributed by atoms with Crippen LogP contribution < -0.4 is 15.8 Å². The predicted octanol–water partition coefficient (Wildman–Crippen LogP) is 1.42. The van der Waals surface area contributed by atoms with E-state index in [1.54, 1.807) is 13.2 Å². The number of nitrogens with zero attached hydrogens (tertiary/aromatic N) is 1. The highest BCUT2D eigenvalue weighted by Gasteiger charge is 2.35. The minimum Gasteiger partial charge on any atom is -0.496 e. The molecule has 3 N–H and O–H groups in total. The second-order valence-electron chi connectivity index (χ2n) is 5.55. The zero-order valence-electron chi connectivity index (χ0n) is 12.2. The SMILES string of the molecule is COc1cc(N)c(C#N)cc1C(C)(C)C1COCCN1. The van der Waals surface area contributed by atoms with Gasteiger partial charge in [-0.3, -0.25) is 0 Å². The van der Waals surface area contributed by atoms with Crippen LogP contribution >= 0.6 is 0 Å². The van der Waals surface area contributed by atoms with Crippen LogP contribution in [0.25, 0.3) is 0 Å². The van der Waals surface area contributed by atoms with E-state index >= 15 is 0 Å². The number of anilines is 1. The second-order valence-corrected chi connectivity index (χ2v) is 5.55. The van der Waals surface area contributed by atoms with Gasteiger partial charge in [0.25, 0.3) is 0 Å². The van der Waals surface area contributed by atoms with E-state index in [0.717, 1.165) is 18.7 Å². The van der Waals surface area contributed by atoms with Gasteiger partial charge in [-0.05, 0) is 6.07 Å². The van der Waals surface area contributed by atoms with Gasteiger partial charge in [0.15, 0.2) is 0 Å². The van der Waals surface area contributed by atoms with E-state index in [9.17, 15) is 5.26 Å². The summed E-state index contributed by atoms with van der Waals surface area (Å²) in [6.07, 6.45) is 0. The maximum Gasteiger partial charge on any atom is 0.124 e. The normalized spacial score (nSPS) is 19.4. The molecule has 0 aliphatic carbocycles. The van der Waals surface area contributed by atoms with Crippen LogP contribution in [0.4, 0.5) is 5.69 Å². The van der Waals surface area contributed by atoms with Crippen molar-refractivity contribution < 1.29 is 9.47 Å². The van der Waals surface area contributed by atoms with Crippen molar-refractivity contribution in [1.82, 2.24) is 5.32 Å². The number of ether oxygens (including phenoxy) is 2. The van der Waals surface area contributed by atoms with Gasteiger partial charge >= 0.3 is 0 Å². The number of nitrogens with one attached hydrogen (secondary N) is 1. The van der Waals surface area contributed by atoms with Gasteiger partial charge in [0.2, 0.25) is 0 Å². The molecule has 5 heteroatoms. The predicted molar refractivity (Wildman–Crippen MR) is 77.8 cm³/mol. The first-order valence-electron chi connectivity index (χ1n) is 6.70. The minimum atomic E-state index is -0.231. The smallest absolute Gasteiger partial charge is 0.124 e. The molecule has 1 aromatic carbocycles. The van der Waals surface area contributed by atoms with Crippen LogP contribution in [-0.2, 0) is 10.2 Å². The third-order valence-electron chi connectivity index (χ3n) is 3.98. The number of methoxy groups -OCH3 is 1. The van der Waals surface area contributed by atoms with Crippen molar-refractivity contribution in [3.8, 4) is 11.8 Å². The molecular formula is C15H21N3O2. The molecule has 20 heavy (non-hydrogen) atoms. The Balaban J connectivity index is 2.46. The molecule has 0 amide bonds. The first-order valence-corrected chi connectivity index (χ1v) is 6.70. The fraction of sp³-hybridized carbons (Fsp3) is 0.533. The Labute approximate surface area is 119 Å². The van der Waals surface area contributed by atoms with Crippen LogP contribution in [0.5, 0.6) is 5.75 Å². The molecule has 1 aliphatic heterocycles. The van der Waals surface area contributed by atoms with E-state index in [-0.39, 0.29) is 11.5 Å². The summed E-state index contributed by atoms with van der Waals surface area (Å²) in [4.78, 5) is 0. The van der Waals surface area contributed by atoms with E-state index in [0.29, 0.717) is 23.6 Å². The number of nitrogen functional groups attached to an aromatic ring is 1. The van der Waals surface area contributed by atoms with Crippen LogP contribution in [0.15, 0.2) is 12.1 Å². The lowest BCUT2D eigenvalue weighted by molar-refractivity contribution is 0.0532. The summed E-state index contributed by atoms with van der Waals surface area (Å²) >= 11 is 0. The maximum atomic E-state index is 9.17. The molecular weight excluding hydrogens is 254 g/mol. The molecule has 1 aliphatic rings. The Bertz CT molecular complexity index is 529. The van der Waals surface area contributed by atoms with E-state index in [1.807, 2.05) is 6.07 Å². The molecule has 1 heterocycles. The Hall–Kier alpha value is -1.77. The molecule has 0 saturated carbocycles. The van der Waals surface area contributed by atoms with Gasteiger partial charge in [0.05, 0.1) is 31.6 Å². The number of nitriles is 1. The van der Waals surface area contributed by atoms with E-state index in [4.69, 9.17) is 15.2 Å². The lowest BCUT2D eigenvalue weighted by Gasteiger charge is -2.38. The third kappa shape index (κ3) is 2.58. The van der Waals surface area contributed by atoms with E-state index in [1.165, 1.54) is 0 Å². The zero-order chi connectivity index (χ0) is 14.8. The number of morpholine rings is 1. The van der Waals surface area contributed by atoms with Crippen molar-refractivity contribution >= 4 is 5.69 Å². The van der Waals surface area contributed by atoms with Gasteiger partial charge in [-0.25, -0.2) is 0 Å². The van der Waals surface area contributed by atoms with Crippen molar-refractivity contribution in [1.29, 1.82) is 5.26 Å². The van der Waals surface area contributed by atoms with E-state index in [2.05, 4.69) is 25.2 Å². The van der Waals surface area contributed by atoms with Gasteiger partial charge in [-0.1, -0.05) is 13.8 Å². The quantitative estimate of drug-likeness (QED) is 0.815. The molecule has 5 nitrogen and oxygen atoms in total. The van der Waals surface area contributed by atoms with Gasteiger partial charge < -0.3 is 20.5 Å². The van der Waals surface area contributed by atoms with Crippen LogP contribution in [0, 0.1) is 11.3 Å². The zero-order valence-corrected chi connectivity index (χ0v) is 12.2. The Morgan fingerprint density at radius 2 is 2.25 bits per heavy atom. The largest absolute Gasteiger partial charge is 0.496 e. The Morgan fingerprint density at radius 3 is 2.80 bits per heavy atom. The number of hydrogen-bond acceptors (Lipinski definition) is 5. The standard InChI is InChI=1S/C15H21N3O2/c1-15(2,14-9-20-5-4-18-14)11-6-10(8-16)12(17)7-13(11)19-3/h6-7,14,18H,4-5,9,17H2,1-3H3. The summed E-state index contributed by atoms with van der Waals surface area (Å²) in [5, 5.41) is 12.6. The van der Waals surface area contributed by atoms with Gasteiger partial charge in [-0.2, -0.15) is 5.26 Å². The molecule has 108 valence electrons. The summed E-state index contributed by atoms with van der Waals surface area (Å²) in [5.74, 6) is 0.707.